The van der Waals surface area contributed by atoms with Crippen LogP contribution in [0.3, 0.4) is 0 Å². The molecule has 0 aromatic carbocycles. The van der Waals surface area contributed by atoms with Gasteiger partial charge in [-0.05, 0) is 32.1 Å². The number of carbonyl (C=O) groups is 1. The third-order valence-corrected chi connectivity index (χ3v) is 3.83. The molecule has 0 radical (unpaired) electrons. The number of aryl methyl sites for hydroxylation is 2. The van der Waals surface area contributed by atoms with Crippen LogP contribution < -0.4 is 11.1 Å². The Kier molecular flexibility index (Phi) is 6.29. The molecule has 4 nitrogen and oxygen atoms in total. The minimum Gasteiger partial charge on any atom is -0.355 e. The van der Waals surface area contributed by atoms with Crippen molar-refractivity contribution in [2.75, 3.05) is 6.54 Å². The highest BCUT2D eigenvalue weighted by molar-refractivity contribution is 7.09. The van der Waals surface area contributed by atoms with Crippen molar-refractivity contribution in [3.05, 3.63) is 16.1 Å². The van der Waals surface area contributed by atoms with E-state index in [1.165, 1.54) is 5.01 Å². The summed E-state index contributed by atoms with van der Waals surface area (Å²) in [6, 6.07) is -0.397. The average molecular weight is 269 g/mol. The van der Waals surface area contributed by atoms with Gasteiger partial charge in [-0.2, -0.15) is 0 Å². The lowest BCUT2D eigenvalue weighted by molar-refractivity contribution is -0.123. The first-order valence-electron chi connectivity index (χ1n) is 6.45. The summed E-state index contributed by atoms with van der Waals surface area (Å²) in [4.78, 5) is 16.0. The van der Waals surface area contributed by atoms with Gasteiger partial charge in [0.2, 0.25) is 5.91 Å². The fourth-order valence-corrected chi connectivity index (χ4v) is 2.37. The van der Waals surface area contributed by atoms with E-state index in [-0.39, 0.29) is 11.8 Å². The molecular weight excluding hydrogens is 246 g/mol. The molecule has 18 heavy (non-hydrogen) atoms. The summed E-state index contributed by atoms with van der Waals surface area (Å²) >= 11 is 1.70. The van der Waals surface area contributed by atoms with Crippen LogP contribution in [0.4, 0.5) is 0 Å². The van der Waals surface area contributed by atoms with Crippen molar-refractivity contribution < 1.29 is 4.79 Å². The average Bonchev–Trinajstić information content (AvgIpc) is 2.73. The van der Waals surface area contributed by atoms with E-state index in [2.05, 4.69) is 15.7 Å². The van der Waals surface area contributed by atoms with Gasteiger partial charge in [-0.15, -0.1) is 11.3 Å². The molecule has 0 fully saturated rings. The summed E-state index contributed by atoms with van der Waals surface area (Å²) in [5.41, 5.74) is 6.84. The Hall–Kier alpha value is -0.940. The van der Waals surface area contributed by atoms with Gasteiger partial charge < -0.3 is 11.1 Å². The normalized spacial score (nSPS) is 12.7. The summed E-state index contributed by atoms with van der Waals surface area (Å²) in [6.45, 7) is 6.61. The Labute approximate surface area is 113 Å². The number of rotatable bonds is 7. The number of nitrogens with two attached hydrogens (primary N) is 1. The van der Waals surface area contributed by atoms with Gasteiger partial charge in [0.1, 0.15) is 0 Å². The molecule has 1 aromatic heterocycles. The monoisotopic (exact) mass is 269 g/mol. The van der Waals surface area contributed by atoms with Crippen LogP contribution in [-0.2, 0) is 11.2 Å². The predicted molar refractivity (Wildman–Crippen MR) is 75.6 cm³/mol. The van der Waals surface area contributed by atoms with Crippen molar-refractivity contribution in [3.63, 3.8) is 0 Å². The largest absolute Gasteiger partial charge is 0.355 e. The molecule has 0 saturated carbocycles. The predicted octanol–water partition coefficient (Wildman–Crippen LogP) is 1.87. The van der Waals surface area contributed by atoms with Crippen LogP contribution in [0, 0.1) is 12.8 Å². The molecule has 1 rings (SSSR count). The molecular formula is C13H23N3OS. The smallest absolute Gasteiger partial charge is 0.237 e. The van der Waals surface area contributed by atoms with Crippen LogP contribution in [0.15, 0.2) is 5.38 Å². The molecule has 0 unspecified atom stereocenters. The van der Waals surface area contributed by atoms with Gasteiger partial charge in [-0.25, -0.2) is 4.98 Å². The third kappa shape index (κ3) is 5.14. The number of nitrogens with zero attached hydrogens (tertiary/aromatic N) is 1. The second kappa shape index (κ2) is 7.48. The summed E-state index contributed by atoms with van der Waals surface area (Å²) < 4.78 is 0. The first-order chi connectivity index (χ1) is 8.50. The molecule has 1 amide bonds. The molecule has 1 atom stereocenters. The molecule has 5 heteroatoms. The van der Waals surface area contributed by atoms with E-state index in [0.717, 1.165) is 25.0 Å². The zero-order chi connectivity index (χ0) is 13.5. The molecule has 0 aliphatic heterocycles. The molecule has 0 saturated heterocycles. The van der Waals surface area contributed by atoms with E-state index < -0.39 is 6.04 Å². The standard InChI is InChI=1S/C13H23N3OS/c1-9(2)12(14)13(17)15-7-5-4-6-11-16-10(3)8-18-11/h8-9,12H,4-7,14H2,1-3H3,(H,15,17)/t12-/m0/s1. The van der Waals surface area contributed by atoms with E-state index in [1.807, 2.05) is 20.8 Å². The number of amides is 1. The highest BCUT2D eigenvalue weighted by atomic mass is 32.1. The molecule has 0 aliphatic rings. The van der Waals surface area contributed by atoms with Crippen molar-refractivity contribution in [1.29, 1.82) is 0 Å². The Bertz CT molecular complexity index is 376. The molecule has 1 aromatic rings. The zero-order valence-electron chi connectivity index (χ0n) is 11.4. The van der Waals surface area contributed by atoms with Gasteiger partial charge in [0.05, 0.1) is 11.0 Å². The molecule has 0 bridgehead atoms. The number of hydrogen-bond donors (Lipinski definition) is 2. The number of aromatic nitrogens is 1. The van der Waals surface area contributed by atoms with Crippen molar-refractivity contribution in [1.82, 2.24) is 10.3 Å². The van der Waals surface area contributed by atoms with Gasteiger partial charge in [-0.3, -0.25) is 4.79 Å². The SMILES string of the molecule is Cc1csc(CCCCNC(=O)[C@@H](N)C(C)C)n1. The quantitative estimate of drug-likeness (QED) is 0.743. The van der Waals surface area contributed by atoms with Gasteiger partial charge in [0.15, 0.2) is 0 Å². The van der Waals surface area contributed by atoms with Crippen molar-refractivity contribution in [3.8, 4) is 0 Å². The maximum atomic E-state index is 11.6. The summed E-state index contributed by atoms with van der Waals surface area (Å²) in [7, 11) is 0. The van der Waals surface area contributed by atoms with Crippen molar-refractivity contribution in [2.45, 2.75) is 46.1 Å². The topological polar surface area (TPSA) is 68.0 Å². The first kappa shape index (κ1) is 15.1. The van der Waals surface area contributed by atoms with Crippen LogP contribution in [0.1, 0.15) is 37.4 Å². The van der Waals surface area contributed by atoms with E-state index in [9.17, 15) is 4.79 Å². The van der Waals surface area contributed by atoms with Crippen molar-refractivity contribution >= 4 is 17.2 Å². The van der Waals surface area contributed by atoms with Crippen molar-refractivity contribution in [2.24, 2.45) is 11.7 Å². The van der Waals surface area contributed by atoms with Gasteiger partial charge >= 0.3 is 0 Å². The fourth-order valence-electron chi connectivity index (χ4n) is 1.55. The minimum absolute atomic E-state index is 0.0462. The lowest BCUT2D eigenvalue weighted by Gasteiger charge is -2.15. The van der Waals surface area contributed by atoms with E-state index in [4.69, 9.17) is 5.73 Å². The number of thiazole rings is 1. The van der Waals surface area contributed by atoms with Gasteiger partial charge in [-0.1, -0.05) is 13.8 Å². The van der Waals surface area contributed by atoms with Crippen LogP contribution in [-0.4, -0.2) is 23.5 Å². The Morgan fingerprint density at radius 1 is 1.50 bits per heavy atom. The fraction of sp³-hybridized carbons (Fsp3) is 0.692. The molecule has 3 N–H and O–H groups in total. The minimum atomic E-state index is -0.397. The lowest BCUT2D eigenvalue weighted by atomic mass is 10.1. The van der Waals surface area contributed by atoms with Crippen LogP contribution in [0.5, 0.6) is 0 Å². The second-order valence-corrected chi connectivity index (χ2v) is 5.84. The lowest BCUT2D eigenvalue weighted by Crippen LogP contribution is -2.44. The summed E-state index contributed by atoms with van der Waals surface area (Å²) in [5.74, 6) is 0.137. The van der Waals surface area contributed by atoms with Crippen LogP contribution in [0.2, 0.25) is 0 Å². The van der Waals surface area contributed by atoms with E-state index >= 15 is 0 Å². The molecule has 0 spiro atoms. The summed E-state index contributed by atoms with van der Waals surface area (Å²) in [5, 5.41) is 6.12. The maximum absolute atomic E-state index is 11.6. The Morgan fingerprint density at radius 3 is 2.78 bits per heavy atom. The zero-order valence-corrected chi connectivity index (χ0v) is 12.2. The maximum Gasteiger partial charge on any atom is 0.237 e. The van der Waals surface area contributed by atoms with E-state index in [0.29, 0.717) is 6.54 Å². The molecule has 1 heterocycles. The van der Waals surface area contributed by atoms with Crippen LogP contribution in [0.25, 0.3) is 0 Å². The molecule has 0 aliphatic carbocycles. The highest BCUT2D eigenvalue weighted by Crippen LogP contribution is 2.11. The number of carbonyl (C=O) groups excluding carboxylic acids is 1. The van der Waals surface area contributed by atoms with Gasteiger partial charge in [0, 0.05) is 17.6 Å². The summed E-state index contributed by atoms with van der Waals surface area (Å²) in [6.07, 6.45) is 3.00. The van der Waals surface area contributed by atoms with E-state index in [1.54, 1.807) is 11.3 Å². The molecule has 102 valence electrons. The highest BCUT2D eigenvalue weighted by Gasteiger charge is 2.15. The second-order valence-electron chi connectivity index (χ2n) is 4.90. The number of nitrogens with one attached hydrogen (secondary N) is 1. The Morgan fingerprint density at radius 2 is 2.22 bits per heavy atom. The van der Waals surface area contributed by atoms with Crippen LogP contribution >= 0.6 is 11.3 Å². The third-order valence-electron chi connectivity index (χ3n) is 2.80. The van der Waals surface area contributed by atoms with Gasteiger partial charge in [0.25, 0.3) is 0 Å². The number of unbranched alkanes of at least 4 members (excludes halogenated alkanes) is 1. The first-order valence-corrected chi connectivity index (χ1v) is 7.33. The Balaban J connectivity index is 2.10. The number of hydrogen-bond acceptors (Lipinski definition) is 4.